The zero-order chi connectivity index (χ0) is 17.6. The topological polar surface area (TPSA) is 84.7 Å². The molecule has 2 rings (SSSR count). The Morgan fingerprint density at radius 3 is 1.96 bits per heavy atom. The Bertz CT molecular complexity index is 589. The van der Waals surface area contributed by atoms with Gasteiger partial charge < -0.3 is 11.4 Å². The average Bonchev–Trinajstić information content (AvgIpc) is 2.50. The van der Waals surface area contributed by atoms with Gasteiger partial charge >= 0.3 is 0 Å². The van der Waals surface area contributed by atoms with Crippen LogP contribution in [0.25, 0.3) is 0 Å². The first-order chi connectivity index (χ1) is 10.8. The average molecular weight is 335 g/mol. The van der Waals surface area contributed by atoms with Gasteiger partial charge in [-0.25, -0.2) is 0 Å². The molecule has 0 aromatic carbocycles. The highest BCUT2D eigenvalue weighted by Gasteiger charge is 2.19. The van der Waals surface area contributed by atoms with Crippen LogP contribution in [-0.2, 0) is 4.79 Å². The highest BCUT2D eigenvalue weighted by atomic mass is 16.4. The summed E-state index contributed by atoms with van der Waals surface area (Å²) in [5, 5.41) is 11.9. The number of ketones is 1. The van der Waals surface area contributed by atoms with Crippen LogP contribution in [-0.4, -0.2) is 16.7 Å². The van der Waals surface area contributed by atoms with E-state index in [1.165, 1.54) is 5.57 Å². The van der Waals surface area contributed by atoms with Gasteiger partial charge in [0.05, 0.1) is 5.71 Å². The summed E-state index contributed by atoms with van der Waals surface area (Å²) in [6, 6.07) is 0. The number of Topliss-reactive ketones (excluding diaryl/α,β-unsaturated/α-hetero) is 1. The van der Waals surface area contributed by atoms with E-state index in [0.29, 0.717) is 18.3 Å². The third-order valence-electron chi connectivity index (χ3n) is 4.70. The second-order valence-corrected chi connectivity index (χ2v) is 6.71. The Hall–Kier alpha value is -1.94. The minimum absolute atomic E-state index is 0. The molecule has 2 unspecified atom stereocenters. The molecule has 0 aliphatic heterocycles. The van der Waals surface area contributed by atoms with Crippen LogP contribution in [0.3, 0.4) is 0 Å². The van der Waals surface area contributed by atoms with Crippen molar-refractivity contribution in [1.82, 2.24) is 6.15 Å². The van der Waals surface area contributed by atoms with Gasteiger partial charge in [0, 0.05) is 14.3 Å². The summed E-state index contributed by atoms with van der Waals surface area (Å²) in [6.45, 7) is 15.6. The molecule has 0 amide bonds. The first-order valence-electron chi connectivity index (χ1n) is 8.15. The van der Waals surface area contributed by atoms with E-state index in [9.17, 15) is 4.79 Å². The predicted octanol–water partition coefficient (Wildman–Crippen LogP) is 5.64. The third-order valence-corrected chi connectivity index (χ3v) is 4.70. The molecule has 0 radical (unpaired) electrons. The van der Waals surface area contributed by atoms with E-state index in [4.69, 9.17) is 5.21 Å². The highest BCUT2D eigenvalue weighted by Crippen LogP contribution is 2.26. The molecule has 4 nitrogen and oxygen atoms in total. The van der Waals surface area contributed by atoms with Crippen molar-refractivity contribution in [3.05, 3.63) is 47.6 Å². The molecule has 0 fully saturated rings. The quantitative estimate of drug-likeness (QED) is 0.389. The second-order valence-electron chi connectivity index (χ2n) is 6.71. The Labute approximate surface area is 147 Å². The zero-order valence-electron chi connectivity index (χ0n) is 15.6. The molecule has 0 bridgehead atoms. The van der Waals surface area contributed by atoms with E-state index in [-0.39, 0.29) is 13.4 Å². The van der Waals surface area contributed by atoms with E-state index < -0.39 is 0 Å². The van der Waals surface area contributed by atoms with Crippen molar-refractivity contribution in [2.24, 2.45) is 17.0 Å². The van der Waals surface area contributed by atoms with Crippen LogP contribution in [0.5, 0.6) is 0 Å². The van der Waals surface area contributed by atoms with Gasteiger partial charge in [0.15, 0.2) is 5.78 Å². The lowest BCUT2D eigenvalue weighted by molar-refractivity contribution is -0.116. The standard InChI is InChI=1S/C10H15NO.C10H14O.H3N.H2/c1-7(2)9-5-4-8(3)10(6-9)11-12;1-7(2)9-5-4-8(3)10(11)6-9;;/h4,9,12H,1,5-6H2,2-3H3;4,9H,1,5-6H2,2-3H3;1H3;1H/b11-10+;;;. The van der Waals surface area contributed by atoms with Gasteiger partial charge in [-0.1, -0.05) is 41.6 Å². The molecule has 0 aromatic heterocycles. The van der Waals surface area contributed by atoms with E-state index in [2.05, 4.69) is 24.4 Å². The molecule has 2 aliphatic rings. The van der Waals surface area contributed by atoms with E-state index in [0.717, 1.165) is 41.7 Å². The number of hydrogen-bond donors (Lipinski definition) is 2. The Balaban J connectivity index is 0. The number of allylic oxidation sites excluding steroid dienone is 6. The minimum atomic E-state index is 0. The van der Waals surface area contributed by atoms with Crippen LogP contribution >= 0.6 is 0 Å². The SMILES string of the molecule is C=C(C)C1CC=C(C)/C(=N/O)C1.C=C(C)C1CC=C(C)C(=O)C1.N.[HH]. The Morgan fingerprint density at radius 2 is 1.54 bits per heavy atom. The maximum absolute atomic E-state index is 11.2. The first-order valence-corrected chi connectivity index (χ1v) is 8.15. The van der Waals surface area contributed by atoms with Crippen LogP contribution < -0.4 is 6.15 Å². The van der Waals surface area contributed by atoms with Crippen LogP contribution in [0.4, 0.5) is 0 Å². The van der Waals surface area contributed by atoms with Gasteiger partial charge in [0.25, 0.3) is 0 Å². The molecule has 0 aromatic rings. The molecule has 4 N–H and O–H groups in total. The van der Waals surface area contributed by atoms with E-state index in [1.54, 1.807) is 0 Å². The lowest BCUT2D eigenvalue weighted by atomic mass is 9.85. The van der Waals surface area contributed by atoms with E-state index in [1.807, 2.05) is 33.8 Å². The maximum Gasteiger partial charge on any atom is 0.158 e. The third kappa shape index (κ3) is 6.28. The summed E-state index contributed by atoms with van der Waals surface area (Å²) in [6.07, 6.45) is 7.64. The minimum Gasteiger partial charge on any atom is -0.411 e. The summed E-state index contributed by atoms with van der Waals surface area (Å²) in [4.78, 5) is 11.2. The smallest absolute Gasteiger partial charge is 0.158 e. The van der Waals surface area contributed by atoms with Crippen molar-refractivity contribution < 1.29 is 11.4 Å². The van der Waals surface area contributed by atoms with Gasteiger partial charge in [0.1, 0.15) is 0 Å². The molecule has 0 saturated heterocycles. The molecule has 136 valence electrons. The number of carbonyl (C=O) groups excluding carboxylic acids is 1. The lowest BCUT2D eigenvalue weighted by Crippen LogP contribution is -2.15. The summed E-state index contributed by atoms with van der Waals surface area (Å²) >= 11 is 0. The summed E-state index contributed by atoms with van der Waals surface area (Å²) in [5.41, 5.74) is 5.11. The van der Waals surface area contributed by atoms with Gasteiger partial charge in [-0.15, -0.1) is 0 Å². The number of hydrogen-bond acceptors (Lipinski definition) is 4. The number of carbonyl (C=O) groups is 1. The molecule has 2 atom stereocenters. The fourth-order valence-corrected chi connectivity index (χ4v) is 2.69. The molecule has 4 heteroatoms. The molecular formula is C20H34N2O2. The zero-order valence-corrected chi connectivity index (χ0v) is 15.6. The van der Waals surface area contributed by atoms with Crippen molar-refractivity contribution in [3.63, 3.8) is 0 Å². The van der Waals surface area contributed by atoms with Crippen molar-refractivity contribution >= 4 is 11.5 Å². The molecule has 0 heterocycles. The van der Waals surface area contributed by atoms with Crippen molar-refractivity contribution in [2.45, 2.75) is 53.4 Å². The van der Waals surface area contributed by atoms with Gasteiger partial charge in [-0.3, -0.25) is 4.79 Å². The first kappa shape index (κ1) is 22.1. The van der Waals surface area contributed by atoms with Crippen LogP contribution in [0.15, 0.2) is 52.8 Å². The molecule has 0 saturated carbocycles. The monoisotopic (exact) mass is 334 g/mol. The summed E-state index contributed by atoms with van der Waals surface area (Å²) in [7, 11) is 0. The molecule has 24 heavy (non-hydrogen) atoms. The van der Waals surface area contributed by atoms with Crippen LogP contribution in [0, 0.1) is 11.8 Å². The maximum atomic E-state index is 11.2. The largest absolute Gasteiger partial charge is 0.411 e. The van der Waals surface area contributed by atoms with Crippen LogP contribution in [0.1, 0.15) is 54.8 Å². The molecular weight excluding hydrogens is 300 g/mol. The highest BCUT2D eigenvalue weighted by molar-refractivity contribution is 6.00. The predicted molar refractivity (Wildman–Crippen MR) is 104 cm³/mol. The number of oxime groups is 1. The Morgan fingerprint density at radius 1 is 1.08 bits per heavy atom. The molecule has 2 aliphatic carbocycles. The van der Waals surface area contributed by atoms with Crippen molar-refractivity contribution in [3.8, 4) is 0 Å². The lowest BCUT2D eigenvalue weighted by Gasteiger charge is -2.21. The fourth-order valence-electron chi connectivity index (χ4n) is 2.69. The molecule has 0 spiro atoms. The normalized spacial score (nSPS) is 24.8. The summed E-state index contributed by atoms with van der Waals surface area (Å²) in [5.74, 6) is 1.13. The second kappa shape index (κ2) is 10.0. The van der Waals surface area contributed by atoms with Gasteiger partial charge in [-0.2, -0.15) is 0 Å². The van der Waals surface area contributed by atoms with E-state index >= 15 is 0 Å². The number of nitrogens with zero attached hydrogens (tertiary/aromatic N) is 1. The van der Waals surface area contributed by atoms with Gasteiger partial charge in [0.2, 0.25) is 0 Å². The fraction of sp³-hybridized carbons (Fsp3) is 0.500. The van der Waals surface area contributed by atoms with Crippen LogP contribution in [0.2, 0.25) is 0 Å². The Kier molecular flexibility index (Phi) is 9.22. The summed E-state index contributed by atoms with van der Waals surface area (Å²) < 4.78 is 0. The van der Waals surface area contributed by atoms with Crippen molar-refractivity contribution in [1.29, 1.82) is 0 Å². The van der Waals surface area contributed by atoms with Gasteiger partial charge in [-0.05, 0) is 63.5 Å². The number of rotatable bonds is 2. The van der Waals surface area contributed by atoms with Crippen molar-refractivity contribution in [2.75, 3.05) is 0 Å².